The van der Waals surface area contributed by atoms with Crippen LogP contribution < -0.4 is 10.1 Å². The summed E-state index contributed by atoms with van der Waals surface area (Å²) in [6.45, 7) is 0.707. The lowest BCUT2D eigenvalue weighted by molar-refractivity contribution is 0.102. The monoisotopic (exact) mass is 350 g/mol. The van der Waals surface area contributed by atoms with Crippen LogP contribution in [0.25, 0.3) is 5.65 Å². The van der Waals surface area contributed by atoms with E-state index in [1.54, 1.807) is 22.8 Å². The van der Waals surface area contributed by atoms with Crippen molar-refractivity contribution in [1.29, 1.82) is 0 Å². The van der Waals surface area contributed by atoms with Crippen LogP contribution in [0, 0.1) is 5.92 Å². The van der Waals surface area contributed by atoms with Crippen LogP contribution in [-0.4, -0.2) is 27.1 Å². The molecule has 1 fully saturated rings. The largest absolute Gasteiger partial charge is 0.491 e. The van der Waals surface area contributed by atoms with Crippen LogP contribution in [-0.2, 0) is 0 Å². The van der Waals surface area contributed by atoms with Crippen LogP contribution in [0.5, 0.6) is 5.75 Å². The van der Waals surface area contributed by atoms with Gasteiger partial charge in [0.2, 0.25) is 0 Å². The van der Waals surface area contributed by atoms with Gasteiger partial charge in [-0.1, -0.05) is 31.4 Å². The molecule has 0 radical (unpaired) electrons. The quantitative estimate of drug-likeness (QED) is 0.757. The second-order valence-electron chi connectivity index (χ2n) is 6.74. The summed E-state index contributed by atoms with van der Waals surface area (Å²) in [5, 5.41) is 6.99. The number of carbonyl (C=O) groups is 1. The Morgan fingerprint density at radius 1 is 1.19 bits per heavy atom. The third kappa shape index (κ3) is 3.69. The topological polar surface area (TPSA) is 68.5 Å². The Morgan fingerprint density at radius 2 is 2.04 bits per heavy atom. The molecule has 0 atom stereocenters. The van der Waals surface area contributed by atoms with E-state index >= 15 is 0 Å². The lowest BCUT2D eigenvalue weighted by Crippen LogP contribution is -2.17. The lowest BCUT2D eigenvalue weighted by Gasteiger charge is -2.22. The van der Waals surface area contributed by atoms with Crippen molar-refractivity contribution in [3.05, 3.63) is 54.5 Å². The second kappa shape index (κ2) is 7.56. The minimum Gasteiger partial charge on any atom is -0.491 e. The molecule has 134 valence electrons. The van der Waals surface area contributed by atoms with Crippen LogP contribution in [0.3, 0.4) is 0 Å². The average molecular weight is 350 g/mol. The van der Waals surface area contributed by atoms with Gasteiger partial charge in [-0.2, -0.15) is 5.10 Å². The van der Waals surface area contributed by atoms with Crippen molar-refractivity contribution < 1.29 is 9.53 Å². The normalized spacial score (nSPS) is 15.1. The highest BCUT2D eigenvalue weighted by molar-refractivity contribution is 6.05. The Morgan fingerprint density at radius 3 is 2.92 bits per heavy atom. The summed E-state index contributed by atoms with van der Waals surface area (Å²) in [5.74, 6) is 1.14. The Kier molecular flexibility index (Phi) is 4.82. The molecule has 1 saturated carbocycles. The third-order valence-corrected chi connectivity index (χ3v) is 4.88. The summed E-state index contributed by atoms with van der Waals surface area (Å²) in [6.07, 6.45) is 9.56. The molecule has 1 aromatic carbocycles. The number of benzene rings is 1. The van der Waals surface area contributed by atoms with Gasteiger partial charge in [-0.05, 0) is 43.0 Å². The molecule has 1 aliphatic rings. The fourth-order valence-electron chi connectivity index (χ4n) is 3.41. The molecule has 1 N–H and O–H groups in total. The first-order valence-corrected chi connectivity index (χ1v) is 9.12. The number of hydrogen-bond donors (Lipinski definition) is 1. The van der Waals surface area contributed by atoms with Crippen molar-refractivity contribution in [1.82, 2.24) is 14.6 Å². The SMILES string of the molecule is O=C(Nc1ccccc1OCC1CCCCC1)c1ccn2ncnc2c1. The predicted molar refractivity (Wildman–Crippen MR) is 99.5 cm³/mol. The fraction of sp³-hybridized carbons (Fsp3) is 0.350. The number of fused-ring (bicyclic) bond motifs is 1. The number of carbonyl (C=O) groups excluding carboxylic acids is 1. The van der Waals surface area contributed by atoms with Gasteiger partial charge in [-0.25, -0.2) is 9.50 Å². The number of nitrogens with one attached hydrogen (secondary N) is 1. The predicted octanol–water partition coefficient (Wildman–Crippen LogP) is 3.94. The number of amides is 1. The Hall–Kier alpha value is -2.89. The highest BCUT2D eigenvalue weighted by Gasteiger charge is 2.16. The molecule has 6 nitrogen and oxygen atoms in total. The molecule has 1 amide bonds. The summed E-state index contributed by atoms with van der Waals surface area (Å²) >= 11 is 0. The van der Waals surface area contributed by atoms with E-state index in [1.165, 1.54) is 38.4 Å². The summed E-state index contributed by atoms with van der Waals surface area (Å²) in [5.41, 5.74) is 1.86. The van der Waals surface area contributed by atoms with Gasteiger partial charge < -0.3 is 10.1 Å². The van der Waals surface area contributed by atoms with E-state index in [0.29, 0.717) is 29.4 Å². The van der Waals surface area contributed by atoms with Gasteiger partial charge in [0.15, 0.2) is 5.65 Å². The van der Waals surface area contributed by atoms with Gasteiger partial charge in [-0.15, -0.1) is 0 Å². The van der Waals surface area contributed by atoms with Crippen molar-refractivity contribution in [2.24, 2.45) is 5.92 Å². The van der Waals surface area contributed by atoms with Gasteiger partial charge in [-0.3, -0.25) is 4.79 Å². The Bertz CT molecular complexity index is 899. The van der Waals surface area contributed by atoms with Crippen LogP contribution in [0.15, 0.2) is 48.9 Å². The molecule has 0 spiro atoms. The summed E-state index contributed by atoms with van der Waals surface area (Å²) in [4.78, 5) is 16.7. The number of para-hydroxylation sites is 2. The minimum atomic E-state index is -0.191. The van der Waals surface area contributed by atoms with Gasteiger partial charge in [0.25, 0.3) is 5.91 Å². The first-order chi connectivity index (χ1) is 12.8. The van der Waals surface area contributed by atoms with Crippen molar-refractivity contribution in [2.75, 3.05) is 11.9 Å². The van der Waals surface area contributed by atoms with E-state index in [4.69, 9.17) is 4.74 Å². The molecule has 4 rings (SSSR count). The molecule has 1 aliphatic carbocycles. The minimum absolute atomic E-state index is 0.191. The molecule has 0 aliphatic heterocycles. The molecule has 0 saturated heterocycles. The first-order valence-electron chi connectivity index (χ1n) is 9.12. The smallest absolute Gasteiger partial charge is 0.255 e. The zero-order valence-electron chi connectivity index (χ0n) is 14.6. The van der Waals surface area contributed by atoms with Crippen LogP contribution in [0.4, 0.5) is 5.69 Å². The zero-order chi connectivity index (χ0) is 17.8. The van der Waals surface area contributed by atoms with Crippen LogP contribution in [0.2, 0.25) is 0 Å². The number of anilines is 1. The molecule has 0 bridgehead atoms. The van der Waals surface area contributed by atoms with Crippen molar-refractivity contribution in [2.45, 2.75) is 32.1 Å². The molecular formula is C20H22N4O2. The maximum absolute atomic E-state index is 12.6. The highest BCUT2D eigenvalue weighted by atomic mass is 16.5. The van der Waals surface area contributed by atoms with Crippen molar-refractivity contribution in [3.8, 4) is 5.75 Å². The standard InChI is InChI=1S/C20H22N4O2/c25-20(16-10-11-24-19(12-16)21-14-22-24)23-17-8-4-5-9-18(17)26-13-15-6-2-1-3-7-15/h4-5,8-12,14-15H,1-3,6-7,13H2,(H,23,25). The lowest BCUT2D eigenvalue weighted by atomic mass is 9.90. The second-order valence-corrected chi connectivity index (χ2v) is 6.74. The maximum atomic E-state index is 12.6. The fourth-order valence-corrected chi connectivity index (χ4v) is 3.41. The first kappa shape index (κ1) is 16.6. The molecule has 2 heterocycles. The van der Waals surface area contributed by atoms with E-state index in [1.807, 2.05) is 24.3 Å². The molecule has 26 heavy (non-hydrogen) atoms. The summed E-state index contributed by atoms with van der Waals surface area (Å²) in [6, 6.07) is 11.0. The molecule has 3 aromatic rings. The summed E-state index contributed by atoms with van der Waals surface area (Å²) < 4.78 is 7.65. The summed E-state index contributed by atoms with van der Waals surface area (Å²) in [7, 11) is 0. The van der Waals surface area contributed by atoms with E-state index in [9.17, 15) is 4.79 Å². The Balaban J connectivity index is 1.45. The average Bonchev–Trinajstić information content (AvgIpc) is 3.16. The molecule has 6 heteroatoms. The third-order valence-electron chi connectivity index (χ3n) is 4.88. The van der Waals surface area contributed by atoms with Gasteiger partial charge in [0.1, 0.15) is 12.1 Å². The van der Waals surface area contributed by atoms with E-state index in [2.05, 4.69) is 15.4 Å². The number of pyridine rings is 1. The maximum Gasteiger partial charge on any atom is 0.255 e. The number of aromatic nitrogens is 3. The van der Waals surface area contributed by atoms with Crippen molar-refractivity contribution >= 4 is 17.2 Å². The highest BCUT2D eigenvalue weighted by Crippen LogP contribution is 2.28. The number of nitrogens with zero attached hydrogens (tertiary/aromatic N) is 3. The molecular weight excluding hydrogens is 328 g/mol. The van der Waals surface area contributed by atoms with Crippen molar-refractivity contribution in [3.63, 3.8) is 0 Å². The Labute approximate surface area is 152 Å². The number of rotatable bonds is 5. The molecule has 0 unspecified atom stereocenters. The van der Waals surface area contributed by atoms with E-state index in [0.717, 1.165) is 5.75 Å². The van der Waals surface area contributed by atoms with Gasteiger partial charge in [0.05, 0.1) is 12.3 Å². The number of hydrogen-bond acceptors (Lipinski definition) is 4. The van der Waals surface area contributed by atoms with Crippen LogP contribution in [0.1, 0.15) is 42.5 Å². The van der Waals surface area contributed by atoms with Gasteiger partial charge in [0, 0.05) is 11.8 Å². The molecule has 2 aromatic heterocycles. The number of ether oxygens (including phenoxy) is 1. The zero-order valence-corrected chi connectivity index (χ0v) is 14.6. The van der Waals surface area contributed by atoms with E-state index in [-0.39, 0.29) is 5.91 Å². The van der Waals surface area contributed by atoms with Gasteiger partial charge >= 0.3 is 0 Å². The van der Waals surface area contributed by atoms with E-state index < -0.39 is 0 Å². The van der Waals surface area contributed by atoms with Crippen LogP contribution >= 0.6 is 0 Å².